The molecule has 3 aromatic rings. The lowest BCUT2D eigenvalue weighted by Gasteiger charge is -2.08. The van der Waals surface area contributed by atoms with Gasteiger partial charge in [-0.25, -0.2) is 4.98 Å². The van der Waals surface area contributed by atoms with Crippen molar-refractivity contribution in [1.29, 1.82) is 0 Å². The van der Waals surface area contributed by atoms with E-state index in [-0.39, 0.29) is 0 Å². The van der Waals surface area contributed by atoms with Crippen molar-refractivity contribution in [2.24, 2.45) is 0 Å². The van der Waals surface area contributed by atoms with Crippen LogP contribution in [0.4, 0.5) is 5.82 Å². The van der Waals surface area contributed by atoms with Crippen LogP contribution in [0.25, 0.3) is 22.3 Å². The van der Waals surface area contributed by atoms with Crippen LogP contribution in [0.2, 0.25) is 0 Å². The molecule has 1 aromatic carbocycles. The van der Waals surface area contributed by atoms with Gasteiger partial charge in [0.15, 0.2) is 0 Å². The molecule has 0 bridgehead atoms. The summed E-state index contributed by atoms with van der Waals surface area (Å²) in [7, 11) is 0. The Bertz CT molecular complexity index is 684. The molecule has 0 saturated carbocycles. The van der Waals surface area contributed by atoms with Gasteiger partial charge in [-0.1, -0.05) is 6.07 Å². The topological polar surface area (TPSA) is 66.5 Å². The van der Waals surface area contributed by atoms with Gasteiger partial charge in [-0.05, 0) is 38.1 Å². The third-order valence-corrected chi connectivity index (χ3v) is 2.82. The summed E-state index contributed by atoms with van der Waals surface area (Å²) in [6.45, 7) is 4.14. The maximum Gasteiger partial charge on any atom is 0.148 e. The standard InChI is InChI=1S/C14H15N5/c1-9(2)17-14-6-5-11(18-19-14)10-3-4-12-13(7-10)16-8-15-12/h3-9H,1-2H3,(H,15,16)(H,17,19). The molecule has 0 atom stereocenters. The second-order valence-corrected chi connectivity index (χ2v) is 4.74. The summed E-state index contributed by atoms with van der Waals surface area (Å²) in [5, 5.41) is 11.6. The number of imidazole rings is 1. The van der Waals surface area contributed by atoms with E-state index in [0.717, 1.165) is 28.1 Å². The van der Waals surface area contributed by atoms with Gasteiger partial charge in [0.1, 0.15) is 5.82 Å². The molecular weight excluding hydrogens is 238 g/mol. The van der Waals surface area contributed by atoms with Gasteiger partial charge >= 0.3 is 0 Å². The number of fused-ring (bicyclic) bond motifs is 1. The molecule has 0 saturated heterocycles. The Hall–Kier alpha value is -2.43. The summed E-state index contributed by atoms with van der Waals surface area (Å²) >= 11 is 0. The number of rotatable bonds is 3. The zero-order valence-electron chi connectivity index (χ0n) is 10.9. The first kappa shape index (κ1) is 11.6. The van der Waals surface area contributed by atoms with E-state index in [0.29, 0.717) is 6.04 Å². The highest BCUT2D eigenvalue weighted by atomic mass is 15.2. The summed E-state index contributed by atoms with van der Waals surface area (Å²) in [6.07, 6.45) is 1.69. The van der Waals surface area contributed by atoms with Crippen LogP contribution in [0.3, 0.4) is 0 Å². The van der Waals surface area contributed by atoms with E-state index in [1.54, 1.807) is 6.33 Å². The fourth-order valence-electron chi connectivity index (χ4n) is 1.95. The molecule has 0 fully saturated rings. The van der Waals surface area contributed by atoms with Crippen LogP contribution >= 0.6 is 0 Å². The number of benzene rings is 1. The van der Waals surface area contributed by atoms with E-state index in [2.05, 4.69) is 39.3 Å². The Labute approximate surface area is 111 Å². The predicted molar refractivity (Wildman–Crippen MR) is 75.9 cm³/mol. The number of aromatic amines is 1. The van der Waals surface area contributed by atoms with Crippen molar-refractivity contribution >= 4 is 16.9 Å². The smallest absolute Gasteiger partial charge is 0.148 e. The van der Waals surface area contributed by atoms with Crippen molar-refractivity contribution < 1.29 is 0 Å². The third-order valence-electron chi connectivity index (χ3n) is 2.82. The summed E-state index contributed by atoms with van der Waals surface area (Å²) in [5.41, 5.74) is 3.84. The van der Waals surface area contributed by atoms with E-state index in [4.69, 9.17) is 0 Å². The average Bonchev–Trinajstić information content (AvgIpc) is 2.86. The minimum absolute atomic E-state index is 0.349. The van der Waals surface area contributed by atoms with E-state index >= 15 is 0 Å². The molecule has 3 rings (SSSR count). The summed E-state index contributed by atoms with van der Waals surface area (Å²) in [5.74, 6) is 0.793. The summed E-state index contributed by atoms with van der Waals surface area (Å²) in [4.78, 5) is 7.29. The highest BCUT2D eigenvalue weighted by Gasteiger charge is 2.04. The second kappa shape index (κ2) is 4.68. The number of aromatic nitrogens is 4. The van der Waals surface area contributed by atoms with Crippen molar-refractivity contribution in [3.05, 3.63) is 36.7 Å². The van der Waals surface area contributed by atoms with Crippen LogP contribution in [-0.4, -0.2) is 26.2 Å². The van der Waals surface area contributed by atoms with Gasteiger partial charge in [0.05, 0.1) is 23.1 Å². The van der Waals surface area contributed by atoms with E-state index in [1.807, 2.05) is 30.3 Å². The van der Waals surface area contributed by atoms with Crippen LogP contribution in [0.15, 0.2) is 36.7 Å². The number of nitrogens with one attached hydrogen (secondary N) is 2. The van der Waals surface area contributed by atoms with Gasteiger partial charge in [0.2, 0.25) is 0 Å². The van der Waals surface area contributed by atoms with Crippen LogP contribution in [-0.2, 0) is 0 Å². The Morgan fingerprint density at radius 3 is 2.74 bits per heavy atom. The van der Waals surface area contributed by atoms with Gasteiger partial charge in [0, 0.05) is 11.6 Å². The molecule has 19 heavy (non-hydrogen) atoms. The highest BCUT2D eigenvalue weighted by Crippen LogP contribution is 2.21. The van der Waals surface area contributed by atoms with E-state index < -0.39 is 0 Å². The van der Waals surface area contributed by atoms with Gasteiger partial charge in [-0.2, -0.15) is 0 Å². The van der Waals surface area contributed by atoms with E-state index in [9.17, 15) is 0 Å². The Morgan fingerprint density at radius 2 is 2.00 bits per heavy atom. The lowest BCUT2D eigenvalue weighted by Crippen LogP contribution is -2.11. The molecular formula is C14H15N5. The molecule has 5 heteroatoms. The minimum atomic E-state index is 0.349. The van der Waals surface area contributed by atoms with Crippen molar-refractivity contribution in [1.82, 2.24) is 20.2 Å². The maximum atomic E-state index is 4.25. The number of H-pyrrole nitrogens is 1. The molecule has 0 unspecified atom stereocenters. The molecule has 2 N–H and O–H groups in total. The monoisotopic (exact) mass is 253 g/mol. The van der Waals surface area contributed by atoms with Crippen molar-refractivity contribution in [3.63, 3.8) is 0 Å². The van der Waals surface area contributed by atoms with Crippen LogP contribution < -0.4 is 5.32 Å². The first-order valence-electron chi connectivity index (χ1n) is 6.26. The lowest BCUT2D eigenvalue weighted by atomic mass is 10.1. The number of hydrogen-bond acceptors (Lipinski definition) is 4. The molecule has 2 aromatic heterocycles. The SMILES string of the molecule is CC(C)Nc1ccc(-c2ccc3nc[nH]c3c2)nn1. The van der Waals surface area contributed by atoms with Crippen molar-refractivity contribution in [2.45, 2.75) is 19.9 Å². The molecule has 0 amide bonds. The Balaban J connectivity index is 1.92. The lowest BCUT2D eigenvalue weighted by molar-refractivity contribution is 0.874. The van der Waals surface area contributed by atoms with Gasteiger partial charge in [0.25, 0.3) is 0 Å². The molecule has 5 nitrogen and oxygen atoms in total. The quantitative estimate of drug-likeness (QED) is 0.753. The zero-order chi connectivity index (χ0) is 13.2. The first-order chi connectivity index (χ1) is 9.22. The molecule has 2 heterocycles. The third kappa shape index (κ3) is 2.40. The molecule has 0 aliphatic heterocycles. The average molecular weight is 253 g/mol. The fraction of sp³-hybridized carbons (Fsp3) is 0.214. The van der Waals surface area contributed by atoms with Crippen LogP contribution in [0, 0.1) is 0 Å². The molecule has 0 spiro atoms. The number of nitrogens with zero attached hydrogens (tertiary/aromatic N) is 3. The van der Waals surface area contributed by atoms with Crippen LogP contribution in [0.5, 0.6) is 0 Å². The first-order valence-corrected chi connectivity index (χ1v) is 6.26. The Morgan fingerprint density at radius 1 is 1.11 bits per heavy atom. The van der Waals surface area contributed by atoms with Gasteiger partial charge < -0.3 is 10.3 Å². The molecule has 96 valence electrons. The van der Waals surface area contributed by atoms with Crippen molar-refractivity contribution in [2.75, 3.05) is 5.32 Å². The molecule has 0 aliphatic rings. The number of hydrogen-bond donors (Lipinski definition) is 2. The maximum absolute atomic E-state index is 4.25. The summed E-state index contributed by atoms with van der Waals surface area (Å²) < 4.78 is 0. The van der Waals surface area contributed by atoms with Gasteiger partial charge in [-0.3, -0.25) is 0 Å². The number of anilines is 1. The van der Waals surface area contributed by atoms with E-state index in [1.165, 1.54) is 0 Å². The predicted octanol–water partition coefficient (Wildman–Crippen LogP) is 2.84. The normalized spacial score (nSPS) is 11.1. The van der Waals surface area contributed by atoms with Crippen molar-refractivity contribution in [3.8, 4) is 11.3 Å². The minimum Gasteiger partial charge on any atom is -0.366 e. The summed E-state index contributed by atoms with van der Waals surface area (Å²) in [6, 6.07) is 10.3. The Kier molecular flexibility index (Phi) is 2.87. The molecule has 0 aliphatic carbocycles. The van der Waals surface area contributed by atoms with Gasteiger partial charge in [-0.15, -0.1) is 10.2 Å². The van der Waals surface area contributed by atoms with Crippen LogP contribution in [0.1, 0.15) is 13.8 Å². The largest absolute Gasteiger partial charge is 0.366 e. The second-order valence-electron chi connectivity index (χ2n) is 4.74. The zero-order valence-corrected chi connectivity index (χ0v) is 10.9. The highest BCUT2D eigenvalue weighted by molar-refractivity contribution is 5.80. The molecule has 0 radical (unpaired) electrons. The fourth-order valence-corrected chi connectivity index (χ4v) is 1.95.